The first-order valence-corrected chi connectivity index (χ1v) is 8.22. The molecule has 1 fully saturated rings. The van der Waals surface area contributed by atoms with Crippen LogP contribution in [0.15, 0.2) is 53.1 Å². The van der Waals surface area contributed by atoms with E-state index in [0.717, 1.165) is 42.8 Å². The van der Waals surface area contributed by atoms with Crippen LogP contribution in [0.1, 0.15) is 17.3 Å². The van der Waals surface area contributed by atoms with Gasteiger partial charge in [0.1, 0.15) is 0 Å². The lowest BCUT2D eigenvalue weighted by atomic mass is 9.99. The van der Waals surface area contributed by atoms with Gasteiger partial charge in [0.15, 0.2) is 0 Å². The van der Waals surface area contributed by atoms with E-state index in [1.807, 2.05) is 12.3 Å². The molecule has 2 heterocycles. The molecule has 0 aliphatic carbocycles. The molecule has 0 amide bonds. The Kier molecular flexibility index (Phi) is 5.01. The Bertz CT molecular complexity index is 567. The van der Waals surface area contributed by atoms with Crippen LogP contribution in [0, 0.1) is 0 Å². The fraction of sp³-hybridized carbons (Fsp3) is 0.353. The Morgan fingerprint density at radius 1 is 1.14 bits per heavy atom. The van der Waals surface area contributed by atoms with Crippen molar-refractivity contribution in [2.45, 2.75) is 12.5 Å². The standard InChI is InChI=1S/C17H20BrN3/c18-15-5-3-4-14(12-15)17(21-10-8-19-9-11-21)13-16-6-1-2-7-20-16/h1-7,12,17,19H,8-11,13H2. The van der Waals surface area contributed by atoms with E-state index in [1.165, 1.54) is 5.56 Å². The largest absolute Gasteiger partial charge is 0.314 e. The number of hydrogen-bond acceptors (Lipinski definition) is 3. The van der Waals surface area contributed by atoms with Crippen LogP contribution < -0.4 is 5.32 Å². The first-order valence-electron chi connectivity index (χ1n) is 7.43. The van der Waals surface area contributed by atoms with E-state index < -0.39 is 0 Å². The van der Waals surface area contributed by atoms with Crippen molar-refractivity contribution in [3.63, 3.8) is 0 Å². The molecule has 1 atom stereocenters. The summed E-state index contributed by atoms with van der Waals surface area (Å²) in [6.07, 6.45) is 2.84. The maximum atomic E-state index is 4.51. The zero-order chi connectivity index (χ0) is 14.5. The van der Waals surface area contributed by atoms with Crippen LogP contribution in [0.4, 0.5) is 0 Å². The fourth-order valence-corrected chi connectivity index (χ4v) is 3.30. The van der Waals surface area contributed by atoms with Crippen LogP contribution >= 0.6 is 15.9 Å². The second-order valence-corrected chi connectivity index (χ2v) is 6.30. The summed E-state index contributed by atoms with van der Waals surface area (Å²) in [7, 11) is 0. The number of benzene rings is 1. The average molecular weight is 346 g/mol. The lowest BCUT2D eigenvalue weighted by Gasteiger charge is -2.35. The van der Waals surface area contributed by atoms with E-state index in [0.29, 0.717) is 6.04 Å². The minimum atomic E-state index is 0.388. The van der Waals surface area contributed by atoms with Crippen LogP contribution in [-0.2, 0) is 6.42 Å². The number of nitrogens with one attached hydrogen (secondary N) is 1. The van der Waals surface area contributed by atoms with E-state index in [4.69, 9.17) is 0 Å². The van der Waals surface area contributed by atoms with Gasteiger partial charge < -0.3 is 5.32 Å². The van der Waals surface area contributed by atoms with Crippen molar-refractivity contribution in [3.8, 4) is 0 Å². The highest BCUT2D eigenvalue weighted by molar-refractivity contribution is 9.10. The van der Waals surface area contributed by atoms with Crippen molar-refractivity contribution in [2.75, 3.05) is 26.2 Å². The lowest BCUT2D eigenvalue weighted by Crippen LogP contribution is -2.45. The molecule has 1 aliphatic rings. The fourth-order valence-electron chi connectivity index (χ4n) is 2.88. The first-order chi connectivity index (χ1) is 10.3. The molecular formula is C17H20BrN3. The SMILES string of the molecule is Brc1cccc(C(Cc2ccccn2)N2CCNCC2)c1. The normalized spacial score (nSPS) is 17.6. The molecule has 1 aromatic heterocycles. The van der Waals surface area contributed by atoms with Gasteiger partial charge in [-0.3, -0.25) is 9.88 Å². The molecule has 1 aromatic carbocycles. The Balaban J connectivity index is 1.86. The molecule has 110 valence electrons. The quantitative estimate of drug-likeness (QED) is 0.922. The first kappa shape index (κ1) is 14.7. The van der Waals surface area contributed by atoms with Crippen LogP contribution in [0.25, 0.3) is 0 Å². The second kappa shape index (κ2) is 7.16. The van der Waals surface area contributed by atoms with E-state index in [-0.39, 0.29) is 0 Å². The molecule has 0 radical (unpaired) electrons. The molecule has 1 unspecified atom stereocenters. The predicted octanol–water partition coefficient (Wildman–Crippen LogP) is 3.03. The molecule has 1 N–H and O–H groups in total. The van der Waals surface area contributed by atoms with Crippen LogP contribution in [0.3, 0.4) is 0 Å². The van der Waals surface area contributed by atoms with Gasteiger partial charge in [-0.05, 0) is 29.8 Å². The van der Waals surface area contributed by atoms with Gasteiger partial charge in [-0.25, -0.2) is 0 Å². The van der Waals surface area contributed by atoms with Crippen molar-refractivity contribution in [2.24, 2.45) is 0 Å². The highest BCUT2D eigenvalue weighted by Crippen LogP contribution is 2.27. The molecule has 21 heavy (non-hydrogen) atoms. The monoisotopic (exact) mass is 345 g/mol. The van der Waals surface area contributed by atoms with E-state index in [9.17, 15) is 0 Å². The number of piperazine rings is 1. The van der Waals surface area contributed by atoms with E-state index in [2.05, 4.69) is 67.5 Å². The lowest BCUT2D eigenvalue weighted by molar-refractivity contribution is 0.171. The van der Waals surface area contributed by atoms with Gasteiger partial charge in [0.05, 0.1) is 0 Å². The topological polar surface area (TPSA) is 28.2 Å². The average Bonchev–Trinajstić information content (AvgIpc) is 2.54. The van der Waals surface area contributed by atoms with Gasteiger partial charge in [0, 0.05) is 55.0 Å². The summed E-state index contributed by atoms with van der Waals surface area (Å²) in [5, 5.41) is 3.43. The number of aromatic nitrogens is 1. The summed E-state index contributed by atoms with van der Waals surface area (Å²) in [6, 6.07) is 15.2. The van der Waals surface area contributed by atoms with Gasteiger partial charge >= 0.3 is 0 Å². The highest BCUT2D eigenvalue weighted by atomic mass is 79.9. The summed E-state index contributed by atoms with van der Waals surface area (Å²) >= 11 is 3.59. The van der Waals surface area contributed by atoms with Gasteiger partial charge in [0.25, 0.3) is 0 Å². The number of rotatable bonds is 4. The van der Waals surface area contributed by atoms with Gasteiger partial charge in [0.2, 0.25) is 0 Å². The summed E-state index contributed by atoms with van der Waals surface area (Å²) in [4.78, 5) is 7.07. The Hall–Kier alpha value is -1.23. The zero-order valence-corrected chi connectivity index (χ0v) is 13.6. The Morgan fingerprint density at radius 3 is 2.71 bits per heavy atom. The smallest absolute Gasteiger partial charge is 0.0422 e. The second-order valence-electron chi connectivity index (χ2n) is 5.38. The predicted molar refractivity (Wildman–Crippen MR) is 89.3 cm³/mol. The molecule has 0 spiro atoms. The molecule has 0 saturated carbocycles. The number of halogens is 1. The summed E-state index contributed by atoms with van der Waals surface area (Å²) < 4.78 is 1.14. The van der Waals surface area contributed by atoms with E-state index >= 15 is 0 Å². The third-order valence-electron chi connectivity index (χ3n) is 3.95. The number of nitrogens with zero attached hydrogens (tertiary/aromatic N) is 2. The highest BCUT2D eigenvalue weighted by Gasteiger charge is 2.23. The molecule has 0 bridgehead atoms. The van der Waals surface area contributed by atoms with Gasteiger partial charge in [-0.2, -0.15) is 0 Å². The molecule has 3 nitrogen and oxygen atoms in total. The maximum Gasteiger partial charge on any atom is 0.0422 e. The third-order valence-corrected chi connectivity index (χ3v) is 4.45. The van der Waals surface area contributed by atoms with Crippen LogP contribution in [-0.4, -0.2) is 36.1 Å². The molecule has 4 heteroatoms. The molecule has 1 saturated heterocycles. The van der Waals surface area contributed by atoms with Crippen LogP contribution in [0.5, 0.6) is 0 Å². The molecular weight excluding hydrogens is 326 g/mol. The summed E-state index contributed by atoms with van der Waals surface area (Å²) in [5.74, 6) is 0. The minimum Gasteiger partial charge on any atom is -0.314 e. The Labute approximate surface area is 134 Å². The van der Waals surface area contributed by atoms with Crippen molar-refractivity contribution in [1.29, 1.82) is 0 Å². The van der Waals surface area contributed by atoms with Crippen molar-refractivity contribution in [1.82, 2.24) is 15.2 Å². The number of hydrogen-bond donors (Lipinski definition) is 1. The van der Waals surface area contributed by atoms with Crippen molar-refractivity contribution < 1.29 is 0 Å². The minimum absolute atomic E-state index is 0.388. The zero-order valence-electron chi connectivity index (χ0n) is 12.0. The molecule has 3 rings (SSSR count). The maximum absolute atomic E-state index is 4.51. The van der Waals surface area contributed by atoms with Gasteiger partial charge in [-0.1, -0.05) is 34.1 Å². The van der Waals surface area contributed by atoms with Crippen molar-refractivity contribution >= 4 is 15.9 Å². The summed E-state index contributed by atoms with van der Waals surface area (Å²) in [5.41, 5.74) is 2.51. The van der Waals surface area contributed by atoms with Crippen molar-refractivity contribution in [3.05, 3.63) is 64.4 Å². The molecule has 1 aliphatic heterocycles. The number of pyridine rings is 1. The Morgan fingerprint density at radius 2 is 2.00 bits per heavy atom. The summed E-state index contributed by atoms with van der Waals surface area (Å²) in [6.45, 7) is 4.30. The van der Waals surface area contributed by atoms with Crippen LogP contribution in [0.2, 0.25) is 0 Å². The molecule has 2 aromatic rings. The third kappa shape index (κ3) is 3.90. The van der Waals surface area contributed by atoms with E-state index in [1.54, 1.807) is 0 Å². The van der Waals surface area contributed by atoms with Gasteiger partial charge in [-0.15, -0.1) is 0 Å².